The Bertz CT molecular complexity index is 508. The molecule has 0 aromatic carbocycles. The Balaban J connectivity index is 2.12. The van der Waals surface area contributed by atoms with Crippen LogP contribution in [0.2, 0.25) is 0 Å². The van der Waals surface area contributed by atoms with Crippen molar-refractivity contribution >= 4 is 17.7 Å². The van der Waals surface area contributed by atoms with Crippen LogP contribution in [0.4, 0.5) is 0 Å². The number of nitrogens with one attached hydrogen (secondary N) is 1. The first kappa shape index (κ1) is 19.9. The summed E-state index contributed by atoms with van der Waals surface area (Å²) in [5.74, 6) is -0.681. The number of Topliss-reactive ketones (excluding diaryl/α,β-unsaturated/α-hetero) is 1. The van der Waals surface area contributed by atoms with E-state index in [0.717, 1.165) is 32.1 Å². The molecule has 1 saturated carbocycles. The largest absolute Gasteiger partial charge is 0.480 e. The lowest BCUT2D eigenvalue weighted by Crippen LogP contribution is -2.55. The summed E-state index contributed by atoms with van der Waals surface area (Å²) in [7, 11) is 0. The van der Waals surface area contributed by atoms with Crippen LogP contribution in [0, 0.1) is 5.92 Å². The van der Waals surface area contributed by atoms with Crippen LogP contribution < -0.4 is 5.32 Å². The zero-order chi connectivity index (χ0) is 18.6. The van der Waals surface area contributed by atoms with Gasteiger partial charge >= 0.3 is 5.97 Å². The van der Waals surface area contributed by atoms with Gasteiger partial charge in [0, 0.05) is 12.5 Å². The molecule has 2 rings (SSSR count). The molecule has 0 bridgehead atoms. The molecule has 1 heterocycles. The van der Waals surface area contributed by atoms with Gasteiger partial charge in [-0.2, -0.15) is 0 Å². The summed E-state index contributed by atoms with van der Waals surface area (Å²) in [4.78, 5) is 38.5. The summed E-state index contributed by atoms with van der Waals surface area (Å²) < 4.78 is 0. The number of carbonyl (C=O) groups excluding carboxylic acids is 2. The predicted octanol–water partition coefficient (Wildman–Crippen LogP) is 2.36. The van der Waals surface area contributed by atoms with Gasteiger partial charge < -0.3 is 10.0 Å². The summed E-state index contributed by atoms with van der Waals surface area (Å²) in [5, 5.41) is 12.8. The number of carbonyl (C=O) groups is 3. The lowest BCUT2D eigenvalue weighted by atomic mass is 9.84. The molecule has 0 aromatic rings. The number of ketones is 1. The van der Waals surface area contributed by atoms with Crippen molar-refractivity contribution in [3.8, 4) is 0 Å². The fourth-order valence-corrected chi connectivity index (χ4v) is 4.47. The van der Waals surface area contributed by atoms with E-state index in [1.165, 1.54) is 0 Å². The maximum absolute atomic E-state index is 13.1. The number of nitrogens with zero attached hydrogens (tertiary/aromatic N) is 1. The Kier molecular flexibility index (Phi) is 6.99. The van der Waals surface area contributed by atoms with Crippen LogP contribution >= 0.6 is 0 Å². The highest BCUT2D eigenvalue weighted by Gasteiger charge is 2.48. The molecule has 1 aliphatic heterocycles. The van der Waals surface area contributed by atoms with Crippen LogP contribution in [-0.4, -0.2) is 51.8 Å². The van der Waals surface area contributed by atoms with Crippen molar-refractivity contribution in [2.75, 3.05) is 0 Å². The Hall–Kier alpha value is -1.43. The third-order valence-electron chi connectivity index (χ3n) is 5.76. The summed E-state index contributed by atoms with van der Waals surface area (Å²) in [6.45, 7) is 5.59. The van der Waals surface area contributed by atoms with Crippen molar-refractivity contribution in [2.45, 2.75) is 96.3 Å². The molecule has 0 aromatic heterocycles. The second-order valence-corrected chi connectivity index (χ2v) is 7.50. The molecule has 1 saturated heterocycles. The summed E-state index contributed by atoms with van der Waals surface area (Å²) in [6.07, 6.45) is 6.61. The normalized spacial score (nSPS) is 28.3. The number of carboxylic acids is 1. The first-order valence-corrected chi connectivity index (χ1v) is 9.74. The molecule has 0 spiro atoms. The molecule has 1 aliphatic carbocycles. The maximum Gasteiger partial charge on any atom is 0.326 e. The van der Waals surface area contributed by atoms with Gasteiger partial charge in [0.1, 0.15) is 11.8 Å². The predicted molar refractivity (Wildman–Crippen MR) is 95.2 cm³/mol. The van der Waals surface area contributed by atoms with Gasteiger partial charge in [-0.15, -0.1) is 0 Å². The Morgan fingerprint density at radius 3 is 2.48 bits per heavy atom. The minimum atomic E-state index is -0.912. The molecule has 5 atom stereocenters. The number of hydrogen-bond acceptors (Lipinski definition) is 4. The quantitative estimate of drug-likeness (QED) is 0.700. The van der Waals surface area contributed by atoms with Gasteiger partial charge in [0.25, 0.3) is 0 Å². The van der Waals surface area contributed by atoms with E-state index in [0.29, 0.717) is 25.2 Å². The van der Waals surface area contributed by atoms with Gasteiger partial charge in [-0.25, -0.2) is 4.79 Å². The van der Waals surface area contributed by atoms with Crippen molar-refractivity contribution in [1.82, 2.24) is 10.2 Å². The molecule has 0 radical (unpaired) electrons. The molecule has 25 heavy (non-hydrogen) atoms. The standard InChI is InChI=1S/C19H32N2O4/c1-4-8-14(17(22)5-2)20-12(3)18(23)21-15-10-7-6-9-13(15)11-16(21)19(24)25/h12-16,20H,4-11H2,1-3H3,(H,24,25)/t12-,13+,14-,15+,16?/m1/s1. The molecule has 1 unspecified atom stereocenters. The molecule has 142 valence electrons. The molecular weight excluding hydrogens is 320 g/mol. The second-order valence-electron chi connectivity index (χ2n) is 7.50. The SMILES string of the molecule is CCC[C@@H](N[C@H](C)C(=O)N1C(C(=O)O)C[C@@H]2CCCC[C@@H]21)C(=O)CC. The van der Waals surface area contributed by atoms with Gasteiger partial charge in [-0.1, -0.05) is 33.1 Å². The van der Waals surface area contributed by atoms with Crippen molar-refractivity contribution in [3.05, 3.63) is 0 Å². The highest BCUT2D eigenvalue weighted by molar-refractivity contribution is 5.89. The van der Waals surface area contributed by atoms with Crippen molar-refractivity contribution in [2.24, 2.45) is 5.92 Å². The summed E-state index contributed by atoms with van der Waals surface area (Å²) >= 11 is 0. The second kappa shape index (κ2) is 8.79. The number of fused-ring (bicyclic) bond motifs is 1. The number of aliphatic carboxylic acids is 1. The third-order valence-corrected chi connectivity index (χ3v) is 5.76. The van der Waals surface area contributed by atoms with Gasteiger partial charge in [0.15, 0.2) is 0 Å². The molecule has 2 fully saturated rings. The number of carboxylic acid groups (broad SMARTS) is 1. The van der Waals surface area contributed by atoms with E-state index in [2.05, 4.69) is 5.32 Å². The van der Waals surface area contributed by atoms with Crippen LogP contribution in [0.15, 0.2) is 0 Å². The average molecular weight is 352 g/mol. The summed E-state index contributed by atoms with van der Waals surface area (Å²) in [5.41, 5.74) is 0. The topological polar surface area (TPSA) is 86.7 Å². The number of hydrogen-bond donors (Lipinski definition) is 2. The molecule has 2 N–H and O–H groups in total. The van der Waals surface area contributed by atoms with E-state index in [9.17, 15) is 19.5 Å². The summed E-state index contributed by atoms with van der Waals surface area (Å²) in [6, 6.07) is -1.56. The molecule has 1 amide bonds. The van der Waals surface area contributed by atoms with E-state index in [1.807, 2.05) is 13.8 Å². The van der Waals surface area contributed by atoms with Crippen LogP contribution in [0.3, 0.4) is 0 Å². The molecule has 6 nitrogen and oxygen atoms in total. The Labute approximate surface area is 150 Å². The van der Waals surface area contributed by atoms with E-state index >= 15 is 0 Å². The van der Waals surface area contributed by atoms with Crippen molar-refractivity contribution in [1.29, 1.82) is 0 Å². The minimum Gasteiger partial charge on any atom is -0.480 e. The smallest absolute Gasteiger partial charge is 0.326 e. The van der Waals surface area contributed by atoms with Crippen LogP contribution in [-0.2, 0) is 14.4 Å². The number of rotatable bonds is 8. The fraction of sp³-hybridized carbons (Fsp3) is 0.842. The average Bonchev–Trinajstić information content (AvgIpc) is 2.99. The van der Waals surface area contributed by atoms with Crippen molar-refractivity contribution in [3.63, 3.8) is 0 Å². The number of likely N-dealkylation sites (tertiary alicyclic amines) is 1. The Morgan fingerprint density at radius 2 is 1.88 bits per heavy atom. The zero-order valence-corrected chi connectivity index (χ0v) is 15.7. The van der Waals surface area contributed by atoms with Gasteiger partial charge in [-0.05, 0) is 38.5 Å². The van der Waals surface area contributed by atoms with E-state index < -0.39 is 18.1 Å². The third kappa shape index (κ3) is 4.40. The van der Waals surface area contributed by atoms with E-state index in [4.69, 9.17) is 0 Å². The molecular formula is C19H32N2O4. The van der Waals surface area contributed by atoms with Gasteiger partial charge in [-0.3, -0.25) is 14.9 Å². The fourth-order valence-electron chi connectivity index (χ4n) is 4.47. The first-order chi connectivity index (χ1) is 11.9. The van der Waals surface area contributed by atoms with Gasteiger partial charge in [0.2, 0.25) is 5.91 Å². The highest BCUT2D eigenvalue weighted by atomic mass is 16.4. The van der Waals surface area contributed by atoms with Gasteiger partial charge in [0.05, 0.1) is 12.1 Å². The van der Waals surface area contributed by atoms with Crippen LogP contribution in [0.5, 0.6) is 0 Å². The lowest BCUT2D eigenvalue weighted by Gasteiger charge is -2.35. The van der Waals surface area contributed by atoms with Crippen LogP contribution in [0.1, 0.15) is 72.1 Å². The minimum absolute atomic E-state index is 0.0399. The van der Waals surface area contributed by atoms with Crippen LogP contribution in [0.25, 0.3) is 0 Å². The Morgan fingerprint density at radius 1 is 1.20 bits per heavy atom. The molecule has 6 heteroatoms. The highest BCUT2D eigenvalue weighted by Crippen LogP contribution is 2.40. The van der Waals surface area contributed by atoms with Crippen molar-refractivity contribution < 1.29 is 19.5 Å². The number of amides is 1. The monoisotopic (exact) mass is 352 g/mol. The van der Waals surface area contributed by atoms with E-state index in [1.54, 1.807) is 11.8 Å². The molecule has 2 aliphatic rings. The zero-order valence-electron chi connectivity index (χ0n) is 15.7. The first-order valence-electron chi connectivity index (χ1n) is 9.74. The maximum atomic E-state index is 13.1. The van der Waals surface area contributed by atoms with E-state index in [-0.39, 0.29) is 23.8 Å². The lowest BCUT2D eigenvalue weighted by molar-refractivity contribution is -0.150.